The lowest BCUT2D eigenvalue weighted by molar-refractivity contribution is -0.122. The van der Waals surface area contributed by atoms with Crippen LogP contribution in [0.4, 0.5) is 0 Å². The number of nitrogens with two attached hydrogens (primary N) is 1. The lowest BCUT2D eigenvalue weighted by Gasteiger charge is -2.03. The van der Waals surface area contributed by atoms with E-state index in [0.717, 1.165) is 0 Å². The summed E-state index contributed by atoms with van der Waals surface area (Å²) in [5.74, 6) is 4.64. The molecular formula is C7H16N2O3. The summed E-state index contributed by atoms with van der Waals surface area (Å²) in [6.45, 7) is 4.08. The zero-order valence-corrected chi connectivity index (χ0v) is 7.34. The van der Waals surface area contributed by atoms with Gasteiger partial charge in [0.15, 0.2) is 0 Å². The highest BCUT2D eigenvalue weighted by molar-refractivity contribution is 5.75. The Morgan fingerprint density at radius 2 is 2.00 bits per heavy atom. The summed E-state index contributed by atoms with van der Waals surface area (Å²) in [4.78, 5) is 10.6. The van der Waals surface area contributed by atoms with Crippen molar-refractivity contribution in [3.63, 3.8) is 0 Å². The highest BCUT2D eigenvalue weighted by atomic mass is 16.5. The van der Waals surface area contributed by atoms with E-state index in [1.807, 2.05) is 12.3 Å². The molecular weight excluding hydrogens is 160 g/mol. The Morgan fingerprint density at radius 3 is 2.58 bits per heavy atom. The molecule has 0 aliphatic rings. The van der Waals surface area contributed by atoms with E-state index in [2.05, 4.69) is 0 Å². The van der Waals surface area contributed by atoms with Crippen molar-refractivity contribution in [1.82, 2.24) is 5.43 Å². The lowest BCUT2D eigenvalue weighted by Crippen LogP contribution is -2.30. The predicted molar refractivity (Wildman–Crippen MR) is 44.3 cm³/mol. The number of nitrogens with one attached hydrogen (secondary N) is 1. The van der Waals surface area contributed by atoms with Crippen LogP contribution in [0.2, 0.25) is 0 Å². The van der Waals surface area contributed by atoms with Crippen LogP contribution in [0, 0.1) is 0 Å². The van der Waals surface area contributed by atoms with Crippen molar-refractivity contribution < 1.29 is 14.3 Å². The minimum absolute atomic E-state index is 0.216. The number of hydrazine groups is 1. The molecule has 3 N–H and O–H groups in total. The van der Waals surface area contributed by atoms with Crippen molar-refractivity contribution in [2.45, 2.75) is 13.3 Å². The first-order valence-corrected chi connectivity index (χ1v) is 3.96. The van der Waals surface area contributed by atoms with Crippen molar-refractivity contribution in [2.24, 2.45) is 5.84 Å². The third kappa shape index (κ3) is 7.46. The van der Waals surface area contributed by atoms with Crippen molar-refractivity contribution in [2.75, 3.05) is 26.4 Å². The van der Waals surface area contributed by atoms with Crippen LogP contribution >= 0.6 is 0 Å². The van der Waals surface area contributed by atoms with Crippen LogP contribution in [0.25, 0.3) is 0 Å². The first-order chi connectivity index (χ1) is 5.81. The minimum Gasteiger partial charge on any atom is -0.379 e. The standard InChI is InChI=1S/C7H16N2O3/c1-2-11-5-6-12-4-3-7(10)9-8/h2-6,8H2,1H3,(H,9,10). The average Bonchev–Trinajstić information content (AvgIpc) is 2.10. The summed E-state index contributed by atoms with van der Waals surface area (Å²) in [5, 5.41) is 0. The van der Waals surface area contributed by atoms with Crippen molar-refractivity contribution in [3.8, 4) is 0 Å². The molecule has 0 aliphatic heterocycles. The van der Waals surface area contributed by atoms with Gasteiger partial charge in [0, 0.05) is 6.61 Å². The van der Waals surface area contributed by atoms with Gasteiger partial charge in [-0.15, -0.1) is 0 Å². The molecule has 0 aromatic rings. The summed E-state index contributed by atoms with van der Waals surface area (Å²) in [5.41, 5.74) is 2.02. The summed E-state index contributed by atoms with van der Waals surface area (Å²) >= 11 is 0. The third-order valence-corrected chi connectivity index (χ3v) is 1.21. The number of hydrogen-bond acceptors (Lipinski definition) is 4. The minimum atomic E-state index is -0.216. The Morgan fingerprint density at radius 1 is 1.33 bits per heavy atom. The van der Waals surface area contributed by atoms with Crippen LogP contribution in [0.5, 0.6) is 0 Å². The molecule has 0 heterocycles. The molecule has 0 bridgehead atoms. The number of hydrogen-bond donors (Lipinski definition) is 2. The van der Waals surface area contributed by atoms with Crippen molar-refractivity contribution in [3.05, 3.63) is 0 Å². The summed E-state index contributed by atoms with van der Waals surface area (Å²) in [6, 6.07) is 0. The SMILES string of the molecule is CCOCCOCCC(=O)NN. The molecule has 0 radical (unpaired) electrons. The van der Waals surface area contributed by atoms with Gasteiger partial charge in [-0.05, 0) is 6.92 Å². The second-order valence-corrected chi connectivity index (χ2v) is 2.13. The van der Waals surface area contributed by atoms with Crippen LogP contribution in [0.1, 0.15) is 13.3 Å². The lowest BCUT2D eigenvalue weighted by atomic mass is 10.4. The van der Waals surface area contributed by atoms with Crippen LogP contribution in [0.3, 0.4) is 0 Å². The normalized spacial score (nSPS) is 9.83. The van der Waals surface area contributed by atoms with Gasteiger partial charge in [0.2, 0.25) is 5.91 Å². The largest absolute Gasteiger partial charge is 0.379 e. The van der Waals surface area contributed by atoms with Gasteiger partial charge in [-0.2, -0.15) is 0 Å². The van der Waals surface area contributed by atoms with Gasteiger partial charge >= 0.3 is 0 Å². The number of carbonyl (C=O) groups is 1. The summed E-state index contributed by atoms with van der Waals surface area (Å²) < 4.78 is 10.1. The van der Waals surface area contributed by atoms with Gasteiger partial charge in [-0.25, -0.2) is 5.84 Å². The number of rotatable bonds is 7. The van der Waals surface area contributed by atoms with Crippen LogP contribution in [-0.2, 0) is 14.3 Å². The van der Waals surface area contributed by atoms with Gasteiger partial charge < -0.3 is 9.47 Å². The van der Waals surface area contributed by atoms with Gasteiger partial charge in [-0.1, -0.05) is 0 Å². The maximum absolute atomic E-state index is 10.6. The molecule has 0 spiro atoms. The molecule has 0 saturated heterocycles. The van der Waals surface area contributed by atoms with E-state index >= 15 is 0 Å². The zero-order valence-electron chi connectivity index (χ0n) is 7.34. The number of ether oxygens (including phenoxy) is 2. The van der Waals surface area contributed by atoms with E-state index < -0.39 is 0 Å². The van der Waals surface area contributed by atoms with Crippen LogP contribution in [-0.4, -0.2) is 32.3 Å². The monoisotopic (exact) mass is 176 g/mol. The Labute approximate surface area is 72.2 Å². The average molecular weight is 176 g/mol. The highest BCUT2D eigenvalue weighted by Gasteiger charge is 1.96. The van der Waals surface area contributed by atoms with Gasteiger partial charge in [0.25, 0.3) is 0 Å². The molecule has 72 valence electrons. The molecule has 0 aromatic carbocycles. The van der Waals surface area contributed by atoms with E-state index in [9.17, 15) is 4.79 Å². The van der Waals surface area contributed by atoms with Gasteiger partial charge in [0.1, 0.15) is 0 Å². The molecule has 5 heteroatoms. The van der Waals surface area contributed by atoms with E-state index in [-0.39, 0.29) is 5.91 Å². The number of amides is 1. The van der Waals surface area contributed by atoms with Gasteiger partial charge in [0.05, 0.1) is 26.2 Å². The first-order valence-electron chi connectivity index (χ1n) is 3.96. The van der Waals surface area contributed by atoms with E-state index in [1.54, 1.807) is 0 Å². The maximum atomic E-state index is 10.6. The molecule has 0 rings (SSSR count). The first kappa shape index (κ1) is 11.4. The molecule has 5 nitrogen and oxygen atoms in total. The maximum Gasteiger partial charge on any atom is 0.236 e. The molecule has 0 saturated carbocycles. The molecule has 0 fully saturated rings. The third-order valence-electron chi connectivity index (χ3n) is 1.21. The van der Waals surface area contributed by atoms with Crippen molar-refractivity contribution >= 4 is 5.91 Å². The summed E-state index contributed by atoms with van der Waals surface area (Å²) in [6.07, 6.45) is 0.294. The van der Waals surface area contributed by atoms with Crippen LogP contribution in [0.15, 0.2) is 0 Å². The number of carbonyl (C=O) groups excluding carboxylic acids is 1. The molecule has 12 heavy (non-hydrogen) atoms. The van der Waals surface area contributed by atoms with E-state index in [1.165, 1.54) is 0 Å². The van der Waals surface area contributed by atoms with Gasteiger partial charge in [-0.3, -0.25) is 10.2 Å². The fourth-order valence-electron chi connectivity index (χ4n) is 0.601. The van der Waals surface area contributed by atoms with E-state index in [0.29, 0.717) is 32.8 Å². The Hall–Kier alpha value is -0.650. The predicted octanol–water partition coefficient (Wildman–Crippen LogP) is -0.580. The highest BCUT2D eigenvalue weighted by Crippen LogP contribution is 1.82. The Bertz CT molecular complexity index is 119. The zero-order chi connectivity index (χ0) is 9.23. The fraction of sp³-hybridized carbons (Fsp3) is 0.857. The van der Waals surface area contributed by atoms with E-state index in [4.69, 9.17) is 15.3 Å². The smallest absolute Gasteiger partial charge is 0.236 e. The van der Waals surface area contributed by atoms with Crippen LogP contribution < -0.4 is 11.3 Å². The topological polar surface area (TPSA) is 73.6 Å². The molecule has 0 unspecified atom stereocenters. The second kappa shape index (κ2) is 8.45. The molecule has 0 aliphatic carbocycles. The fourth-order valence-corrected chi connectivity index (χ4v) is 0.601. The second-order valence-electron chi connectivity index (χ2n) is 2.13. The Balaban J connectivity index is 2.95. The Kier molecular flexibility index (Phi) is 7.99. The molecule has 1 amide bonds. The molecule has 0 aromatic heterocycles. The van der Waals surface area contributed by atoms with Crippen molar-refractivity contribution in [1.29, 1.82) is 0 Å². The summed E-state index contributed by atoms with van der Waals surface area (Å²) in [7, 11) is 0. The quantitative estimate of drug-likeness (QED) is 0.235. The molecule has 0 atom stereocenters.